The van der Waals surface area contributed by atoms with Crippen LogP contribution in [0.25, 0.3) is 0 Å². The molecule has 3 heteroatoms. The first kappa shape index (κ1) is 7.15. The number of rotatable bonds is 2. The molecule has 1 aromatic heterocycles. The summed E-state index contributed by atoms with van der Waals surface area (Å²) in [4.78, 5) is 7.90. The zero-order valence-electron chi connectivity index (χ0n) is 6.20. The lowest BCUT2D eigenvalue weighted by Crippen LogP contribution is -2.13. The molecule has 0 fully saturated rings. The largest absolute Gasteiger partial charge is 0.312 e. The van der Waals surface area contributed by atoms with Crippen LogP contribution in [0.3, 0.4) is 0 Å². The van der Waals surface area contributed by atoms with Gasteiger partial charge in [0.1, 0.15) is 6.33 Å². The molecule has 1 rings (SSSR count). The maximum absolute atomic E-state index is 4.08. The first-order valence-electron chi connectivity index (χ1n) is 3.27. The minimum atomic E-state index is 0.308. The van der Waals surface area contributed by atoms with Crippen LogP contribution in [0.4, 0.5) is 0 Å². The molecule has 1 aromatic rings. The van der Waals surface area contributed by atoms with Crippen LogP contribution in [0.1, 0.15) is 18.7 Å². The Labute approximate surface area is 60.5 Å². The lowest BCUT2D eigenvalue weighted by Gasteiger charge is -2.06. The van der Waals surface area contributed by atoms with Gasteiger partial charge in [0.25, 0.3) is 0 Å². The summed E-state index contributed by atoms with van der Waals surface area (Å²) in [6.45, 7) is 2.06. The topological polar surface area (TPSA) is 37.8 Å². The van der Waals surface area contributed by atoms with Crippen LogP contribution in [-0.2, 0) is 0 Å². The maximum Gasteiger partial charge on any atom is 0.115 e. The highest BCUT2D eigenvalue weighted by Crippen LogP contribution is 2.04. The molecule has 3 nitrogen and oxygen atoms in total. The Bertz CT molecular complexity index is 185. The van der Waals surface area contributed by atoms with Gasteiger partial charge in [0.15, 0.2) is 0 Å². The average Bonchev–Trinajstić information content (AvgIpc) is 2.05. The maximum atomic E-state index is 4.08. The second-order valence-corrected chi connectivity index (χ2v) is 2.14. The molecule has 1 N–H and O–H groups in total. The summed E-state index contributed by atoms with van der Waals surface area (Å²) in [6.07, 6.45) is 3.30. The Hall–Kier alpha value is -0.960. The fourth-order valence-electron chi connectivity index (χ4n) is 0.705. The van der Waals surface area contributed by atoms with E-state index in [9.17, 15) is 0 Å². The smallest absolute Gasteiger partial charge is 0.115 e. The van der Waals surface area contributed by atoms with E-state index >= 15 is 0 Å². The highest BCUT2D eigenvalue weighted by molar-refractivity contribution is 5.02. The fourth-order valence-corrected chi connectivity index (χ4v) is 0.705. The molecule has 0 aliphatic heterocycles. The van der Waals surface area contributed by atoms with E-state index in [1.807, 2.05) is 13.1 Å². The molecule has 0 spiro atoms. The third-order valence-corrected chi connectivity index (χ3v) is 1.48. The van der Waals surface area contributed by atoms with Crippen molar-refractivity contribution in [1.29, 1.82) is 0 Å². The van der Waals surface area contributed by atoms with E-state index in [1.54, 1.807) is 12.5 Å². The molecular formula is C7H11N3. The van der Waals surface area contributed by atoms with Gasteiger partial charge in [-0.15, -0.1) is 0 Å². The first-order chi connectivity index (χ1) is 4.84. The minimum Gasteiger partial charge on any atom is -0.312 e. The molecule has 54 valence electrons. The Balaban J connectivity index is 2.75. The van der Waals surface area contributed by atoms with Gasteiger partial charge in [-0.05, 0) is 20.0 Å². The van der Waals surface area contributed by atoms with Crippen molar-refractivity contribution in [3.05, 3.63) is 24.3 Å². The second kappa shape index (κ2) is 3.27. The molecule has 0 bridgehead atoms. The summed E-state index contributed by atoms with van der Waals surface area (Å²) in [5.41, 5.74) is 1.03. The Kier molecular flexibility index (Phi) is 2.34. The number of hydrogen-bond acceptors (Lipinski definition) is 3. The van der Waals surface area contributed by atoms with Gasteiger partial charge in [0.05, 0.1) is 5.69 Å². The standard InChI is InChI=1S/C7H11N3/c1-6(8-2)7-3-4-9-5-10-7/h3-6,8H,1-2H3/t6-/m0/s1. The lowest BCUT2D eigenvalue weighted by molar-refractivity contribution is 0.630. The van der Waals surface area contributed by atoms with Crippen LogP contribution in [0.15, 0.2) is 18.6 Å². The average molecular weight is 137 g/mol. The molecule has 0 saturated heterocycles. The van der Waals surface area contributed by atoms with Gasteiger partial charge in [0, 0.05) is 12.2 Å². The third kappa shape index (κ3) is 1.51. The number of nitrogens with one attached hydrogen (secondary N) is 1. The summed E-state index contributed by atoms with van der Waals surface area (Å²) >= 11 is 0. The highest BCUT2D eigenvalue weighted by atomic mass is 14.9. The van der Waals surface area contributed by atoms with Gasteiger partial charge in [-0.1, -0.05) is 0 Å². The van der Waals surface area contributed by atoms with E-state index in [2.05, 4.69) is 22.2 Å². The van der Waals surface area contributed by atoms with Crippen molar-refractivity contribution >= 4 is 0 Å². The van der Waals surface area contributed by atoms with Crippen molar-refractivity contribution in [3.8, 4) is 0 Å². The van der Waals surface area contributed by atoms with Gasteiger partial charge in [-0.2, -0.15) is 0 Å². The molecule has 0 amide bonds. The van der Waals surface area contributed by atoms with Gasteiger partial charge in [-0.3, -0.25) is 0 Å². The van der Waals surface area contributed by atoms with E-state index in [0.29, 0.717) is 6.04 Å². The minimum absolute atomic E-state index is 0.308. The van der Waals surface area contributed by atoms with E-state index < -0.39 is 0 Å². The molecule has 0 aromatic carbocycles. The van der Waals surface area contributed by atoms with Crippen molar-refractivity contribution in [2.75, 3.05) is 7.05 Å². The Morgan fingerprint density at radius 3 is 2.90 bits per heavy atom. The summed E-state index contributed by atoms with van der Waals surface area (Å²) in [6, 6.07) is 2.21. The van der Waals surface area contributed by atoms with Gasteiger partial charge < -0.3 is 5.32 Å². The molecule has 0 aliphatic rings. The molecule has 10 heavy (non-hydrogen) atoms. The zero-order valence-corrected chi connectivity index (χ0v) is 6.20. The SMILES string of the molecule is CN[C@@H](C)c1ccncn1. The lowest BCUT2D eigenvalue weighted by atomic mass is 10.2. The van der Waals surface area contributed by atoms with Crippen molar-refractivity contribution in [2.45, 2.75) is 13.0 Å². The fraction of sp³-hybridized carbons (Fsp3) is 0.429. The zero-order chi connectivity index (χ0) is 7.40. The first-order valence-corrected chi connectivity index (χ1v) is 3.27. The number of nitrogens with zero attached hydrogens (tertiary/aromatic N) is 2. The summed E-state index contributed by atoms with van der Waals surface area (Å²) in [5, 5.41) is 3.09. The third-order valence-electron chi connectivity index (χ3n) is 1.48. The van der Waals surface area contributed by atoms with E-state index in [0.717, 1.165) is 5.69 Å². The summed E-state index contributed by atoms with van der Waals surface area (Å²) in [5.74, 6) is 0. The second-order valence-electron chi connectivity index (χ2n) is 2.14. The van der Waals surface area contributed by atoms with Crippen molar-refractivity contribution in [1.82, 2.24) is 15.3 Å². The summed E-state index contributed by atoms with van der Waals surface area (Å²) in [7, 11) is 1.91. The monoisotopic (exact) mass is 137 g/mol. The van der Waals surface area contributed by atoms with Gasteiger partial charge >= 0.3 is 0 Å². The Morgan fingerprint density at radius 2 is 2.40 bits per heavy atom. The van der Waals surface area contributed by atoms with Crippen LogP contribution >= 0.6 is 0 Å². The van der Waals surface area contributed by atoms with E-state index in [-0.39, 0.29) is 0 Å². The predicted molar refractivity (Wildman–Crippen MR) is 39.5 cm³/mol. The van der Waals surface area contributed by atoms with Crippen molar-refractivity contribution < 1.29 is 0 Å². The Morgan fingerprint density at radius 1 is 1.60 bits per heavy atom. The number of aromatic nitrogens is 2. The predicted octanol–water partition coefficient (Wildman–Crippen LogP) is 0.757. The van der Waals surface area contributed by atoms with Crippen LogP contribution < -0.4 is 5.32 Å². The highest BCUT2D eigenvalue weighted by Gasteiger charge is 2.00. The molecule has 0 saturated carbocycles. The van der Waals surface area contributed by atoms with Gasteiger partial charge in [-0.25, -0.2) is 9.97 Å². The van der Waals surface area contributed by atoms with Crippen LogP contribution in [0, 0.1) is 0 Å². The quantitative estimate of drug-likeness (QED) is 0.653. The van der Waals surface area contributed by atoms with Gasteiger partial charge in [0.2, 0.25) is 0 Å². The van der Waals surface area contributed by atoms with Crippen LogP contribution in [0.5, 0.6) is 0 Å². The molecule has 1 atom stereocenters. The molecule has 0 radical (unpaired) electrons. The van der Waals surface area contributed by atoms with Crippen molar-refractivity contribution in [3.63, 3.8) is 0 Å². The molecule has 0 unspecified atom stereocenters. The van der Waals surface area contributed by atoms with E-state index in [4.69, 9.17) is 0 Å². The normalized spacial score (nSPS) is 13.0. The van der Waals surface area contributed by atoms with Crippen molar-refractivity contribution in [2.24, 2.45) is 0 Å². The molecular weight excluding hydrogens is 126 g/mol. The molecule has 0 aliphatic carbocycles. The van der Waals surface area contributed by atoms with Crippen LogP contribution in [-0.4, -0.2) is 17.0 Å². The number of hydrogen-bond donors (Lipinski definition) is 1. The molecule has 1 heterocycles. The van der Waals surface area contributed by atoms with E-state index in [1.165, 1.54) is 0 Å². The summed E-state index contributed by atoms with van der Waals surface area (Å²) < 4.78 is 0. The van der Waals surface area contributed by atoms with Crippen LogP contribution in [0.2, 0.25) is 0 Å².